The van der Waals surface area contributed by atoms with Crippen LogP contribution in [-0.4, -0.2) is 26.4 Å². The summed E-state index contributed by atoms with van der Waals surface area (Å²) in [5, 5.41) is 2.46. The fourth-order valence-electron chi connectivity index (χ4n) is 3.49. The van der Waals surface area contributed by atoms with Crippen LogP contribution in [0.15, 0.2) is 53.4 Å². The summed E-state index contributed by atoms with van der Waals surface area (Å²) in [6.07, 6.45) is 6.48. The lowest BCUT2D eigenvalue weighted by Gasteiger charge is -2.11. The average molecular weight is 399 g/mol. The summed E-state index contributed by atoms with van der Waals surface area (Å²) in [4.78, 5) is 12.5. The van der Waals surface area contributed by atoms with Crippen molar-refractivity contribution in [2.75, 3.05) is 12.1 Å². The highest BCUT2D eigenvalue weighted by molar-refractivity contribution is 7.92. The third-order valence-electron chi connectivity index (χ3n) is 5.02. The minimum atomic E-state index is -3.28. The van der Waals surface area contributed by atoms with Gasteiger partial charge < -0.3 is 14.8 Å². The van der Waals surface area contributed by atoms with Crippen molar-refractivity contribution in [3.05, 3.63) is 54.1 Å². The molecule has 0 atom stereocenters. The molecule has 1 N–H and O–H groups in total. The molecule has 7 heteroatoms. The number of rotatable bonds is 5. The van der Waals surface area contributed by atoms with E-state index >= 15 is 0 Å². The number of hydrogen-bond acceptors (Lipinski definition) is 5. The molecule has 1 amide bonds. The molecule has 4 rings (SSSR count). The number of hydrogen-bond donors (Lipinski definition) is 1. The monoisotopic (exact) mass is 399 g/mol. The standard InChI is InChI=1S/C21H21NO5S/c23-21(12-6-15-5-11-19-20(13-15)27-14-26-19)22-16-7-9-18(10-8-16)28(24,25)17-3-1-2-4-17/h5-13,17H,1-4,14H2,(H,22,23). The second-order valence-corrected chi connectivity index (χ2v) is 9.14. The molecule has 0 aromatic heterocycles. The molecule has 1 heterocycles. The van der Waals surface area contributed by atoms with Gasteiger partial charge in [0.05, 0.1) is 10.1 Å². The van der Waals surface area contributed by atoms with Crippen molar-refractivity contribution in [1.29, 1.82) is 0 Å². The van der Waals surface area contributed by atoms with Crippen LogP contribution in [0.2, 0.25) is 0 Å². The fourth-order valence-corrected chi connectivity index (χ4v) is 5.35. The summed E-state index contributed by atoms with van der Waals surface area (Å²) in [7, 11) is -3.28. The first kappa shape index (κ1) is 18.6. The smallest absolute Gasteiger partial charge is 0.248 e. The predicted molar refractivity (Wildman–Crippen MR) is 106 cm³/mol. The van der Waals surface area contributed by atoms with Gasteiger partial charge >= 0.3 is 0 Å². The molecule has 2 aromatic carbocycles. The van der Waals surface area contributed by atoms with E-state index in [4.69, 9.17) is 9.47 Å². The van der Waals surface area contributed by atoms with Gasteiger partial charge in [-0.3, -0.25) is 4.79 Å². The number of sulfone groups is 1. The van der Waals surface area contributed by atoms with Gasteiger partial charge in [-0.15, -0.1) is 0 Å². The zero-order chi connectivity index (χ0) is 19.6. The van der Waals surface area contributed by atoms with Crippen molar-refractivity contribution in [3.8, 4) is 11.5 Å². The summed E-state index contributed by atoms with van der Waals surface area (Å²) >= 11 is 0. The summed E-state index contributed by atoms with van der Waals surface area (Å²) in [5.74, 6) is 1.04. The van der Waals surface area contributed by atoms with Crippen molar-refractivity contribution in [3.63, 3.8) is 0 Å². The van der Waals surface area contributed by atoms with Crippen LogP contribution in [-0.2, 0) is 14.6 Å². The third-order valence-corrected chi connectivity index (χ3v) is 7.29. The third kappa shape index (κ3) is 3.89. The maximum Gasteiger partial charge on any atom is 0.248 e. The minimum Gasteiger partial charge on any atom is -0.454 e. The zero-order valence-corrected chi connectivity index (χ0v) is 16.1. The topological polar surface area (TPSA) is 81.7 Å². The van der Waals surface area contributed by atoms with Gasteiger partial charge in [0.2, 0.25) is 12.7 Å². The van der Waals surface area contributed by atoms with E-state index in [0.29, 0.717) is 22.1 Å². The van der Waals surface area contributed by atoms with Crippen molar-refractivity contribution < 1.29 is 22.7 Å². The fraction of sp³-hybridized carbons (Fsp3) is 0.286. The Kier molecular flexibility index (Phi) is 5.09. The van der Waals surface area contributed by atoms with E-state index in [9.17, 15) is 13.2 Å². The molecule has 6 nitrogen and oxygen atoms in total. The normalized spacial score (nSPS) is 16.6. The van der Waals surface area contributed by atoms with E-state index in [2.05, 4.69) is 5.32 Å². The van der Waals surface area contributed by atoms with E-state index in [1.165, 1.54) is 6.08 Å². The van der Waals surface area contributed by atoms with Crippen LogP contribution in [0, 0.1) is 0 Å². The van der Waals surface area contributed by atoms with Crippen LogP contribution in [0.4, 0.5) is 5.69 Å². The maximum atomic E-state index is 12.6. The lowest BCUT2D eigenvalue weighted by Crippen LogP contribution is -2.17. The molecular formula is C21H21NO5S. The van der Waals surface area contributed by atoms with E-state index in [0.717, 1.165) is 31.2 Å². The Balaban J connectivity index is 1.39. The molecular weight excluding hydrogens is 378 g/mol. The lowest BCUT2D eigenvalue weighted by atomic mass is 10.2. The van der Waals surface area contributed by atoms with Crippen molar-refractivity contribution in [1.82, 2.24) is 0 Å². The molecule has 1 fully saturated rings. The first-order valence-corrected chi connectivity index (χ1v) is 10.8. The number of ether oxygens (including phenoxy) is 2. The van der Waals surface area contributed by atoms with Crippen LogP contribution in [0.5, 0.6) is 11.5 Å². The highest BCUT2D eigenvalue weighted by Crippen LogP contribution is 2.33. The second-order valence-electron chi connectivity index (χ2n) is 6.91. The molecule has 2 aromatic rings. The van der Waals surface area contributed by atoms with Crippen molar-refractivity contribution in [2.45, 2.75) is 35.8 Å². The molecule has 1 aliphatic heterocycles. The summed E-state index contributed by atoms with van der Waals surface area (Å²) in [5.41, 5.74) is 1.36. The van der Waals surface area contributed by atoms with Gasteiger partial charge in [-0.1, -0.05) is 18.9 Å². The van der Waals surface area contributed by atoms with Gasteiger partial charge in [0.15, 0.2) is 21.3 Å². The van der Waals surface area contributed by atoms with Gasteiger partial charge in [-0.25, -0.2) is 8.42 Å². The number of nitrogens with one attached hydrogen (secondary N) is 1. The van der Waals surface area contributed by atoms with Crippen molar-refractivity contribution >= 4 is 27.5 Å². The number of amides is 1. The molecule has 146 valence electrons. The van der Waals surface area contributed by atoms with E-state index < -0.39 is 9.84 Å². The molecule has 0 unspecified atom stereocenters. The molecule has 1 saturated carbocycles. The Morgan fingerprint density at radius 3 is 2.46 bits per heavy atom. The quantitative estimate of drug-likeness (QED) is 0.774. The van der Waals surface area contributed by atoms with Gasteiger partial charge in [0.25, 0.3) is 0 Å². The Hall–Kier alpha value is -2.80. The second kappa shape index (κ2) is 7.67. The van der Waals surface area contributed by atoms with Crippen LogP contribution in [0.25, 0.3) is 6.08 Å². The van der Waals surface area contributed by atoms with Crippen LogP contribution < -0.4 is 14.8 Å². The maximum absolute atomic E-state index is 12.6. The van der Waals surface area contributed by atoms with Crippen molar-refractivity contribution in [2.24, 2.45) is 0 Å². The zero-order valence-electron chi connectivity index (χ0n) is 15.3. The number of benzene rings is 2. The van der Waals surface area contributed by atoms with Gasteiger partial charge in [-0.05, 0) is 60.9 Å². The molecule has 0 spiro atoms. The van der Waals surface area contributed by atoms with Crippen LogP contribution >= 0.6 is 0 Å². The molecule has 0 saturated heterocycles. The molecule has 0 radical (unpaired) electrons. The van der Waals surface area contributed by atoms with E-state index in [1.807, 2.05) is 6.07 Å². The molecule has 28 heavy (non-hydrogen) atoms. The van der Waals surface area contributed by atoms with Gasteiger partial charge in [0, 0.05) is 11.8 Å². The van der Waals surface area contributed by atoms with E-state index in [1.54, 1.807) is 42.5 Å². The number of anilines is 1. The summed E-state index contributed by atoms with van der Waals surface area (Å²) < 4.78 is 35.7. The number of fused-ring (bicyclic) bond motifs is 1. The Morgan fingerprint density at radius 1 is 1.00 bits per heavy atom. The Labute approximate surface area is 164 Å². The minimum absolute atomic E-state index is 0.204. The molecule has 2 aliphatic rings. The highest BCUT2D eigenvalue weighted by Gasteiger charge is 2.30. The SMILES string of the molecule is O=C(C=Cc1ccc2c(c1)OCO2)Nc1ccc(S(=O)(=O)C2CCCC2)cc1. The largest absolute Gasteiger partial charge is 0.454 e. The predicted octanol–water partition coefficient (Wildman–Crippen LogP) is 3.78. The highest BCUT2D eigenvalue weighted by atomic mass is 32.2. The molecule has 1 aliphatic carbocycles. The lowest BCUT2D eigenvalue weighted by molar-refractivity contribution is -0.111. The van der Waals surface area contributed by atoms with Gasteiger partial charge in [0.1, 0.15) is 0 Å². The number of carbonyl (C=O) groups excluding carboxylic acids is 1. The first-order chi connectivity index (χ1) is 13.5. The summed E-state index contributed by atoms with van der Waals surface area (Å²) in [6.45, 7) is 0.204. The van der Waals surface area contributed by atoms with E-state index in [-0.39, 0.29) is 18.0 Å². The van der Waals surface area contributed by atoms with Crippen LogP contribution in [0.1, 0.15) is 31.2 Å². The average Bonchev–Trinajstić information content (AvgIpc) is 3.38. The summed E-state index contributed by atoms with van der Waals surface area (Å²) in [6, 6.07) is 11.8. The van der Waals surface area contributed by atoms with Crippen LogP contribution in [0.3, 0.4) is 0 Å². The number of carbonyl (C=O) groups is 1. The Morgan fingerprint density at radius 2 is 1.71 bits per heavy atom. The molecule has 0 bridgehead atoms. The first-order valence-electron chi connectivity index (χ1n) is 9.25. The van der Waals surface area contributed by atoms with Gasteiger partial charge in [-0.2, -0.15) is 0 Å². The Bertz CT molecular complexity index is 1010.